The molecule has 1 amide bonds. The van der Waals surface area contributed by atoms with Crippen LogP contribution in [-0.2, 0) is 4.79 Å². The summed E-state index contributed by atoms with van der Waals surface area (Å²) in [5.74, 6) is 0.390. The van der Waals surface area contributed by atoms with Crippen LogP contribution in [0.3, 0.4) is 0 Å². The maximum Gasteiger partial charge on any atom is 0.227 e. The third-order valence-corrected chi connectivity index (χ3v) is 6.24. The average molecular weight is 421 g/mol. The molecule has 1 aliphatic heterocycles. The van der Waals surface area contributed by atoms with Crippen LogP contribution in [0.1, 0.15) is 25.7 Å². The first-order valence-corrected chi connectivity index (χ1v) is 11.4. The van der Waals surface area contributed by atoms with Crippen LogP contribution in [0.15, 0.2) is 71.9 Å². The van der Waals surface area contributed by atoms with Gasteiger partial charge in [0.15, 0.2) is 0 Å². The van der Waals surface area contributed by atoms with Gasteiger partial charge in [0.05, 0.1) is 0 Å². The monoisotopic (exact) mass is 420 g/mol. The number of pyridine rings is 1. The molecule has 2 aliphatic rings. The number of nitrogens with zero attached hydrogens (tertiary/aromatic N) is 1. The Balaban J connectivity index is 0.000000147. The van der Waals surface area contributed by atoms with Gasteiger partial charge in [-0.15, -0.1) is 0 Å². The van der Waals surface area contributed by atoms with E-state index in [2.05, 4.69) is 50.7 Å². The topological polar surface area (TPSA) is 66.0 Å². The summed E-state index contributed by atoms with van der Waals surface area (Å²) >= 11 is 1.75. The number of hydrogen-bond donors (Lipinski definition) is 3. The Morgan fingerprint density at radius 2 is 1.77 bits per heavy atom. The summed E-state index contributed by atoms with van der Waals surface area (Å²) in [4.78, 5) is 16.9. The van der Waals surface area contributed by atoms with Crippen molar-refractivity contribution < 1.29 is 4.79 Å². The third-order valence-electron chi connectivity index (χ3n) is 5.28. The molecule has 156 valence electrons. The quantitative estimate of drug-likeness (QED) is 0.526. The summed E-state index contributed by atoms with van der Waals surface area (Å²) in [5, 5.41) is 8.49. The predicted molar refractivity (Wildman–Crippen MR) is 124 cm³/mol. The predicted octanol–water partition coefficient (Wildman–Crippen LogP) is 4.62. The second-order valence-corrected chi connectivity index (χ2v) is 8.67. The van der Waals surface area contributed by atoms with Crippen LogP contribution in [0.2, 0.25) is 0 Å². The first-order chi connectivity index (χ1) is 14.8. The van der Waals surface area contributed by atoms with Gasteiger partial charge in [-0.25, -0.2) is 0 Å². The van der Waals surface area contributed by atoms with Crippen molar-refractivity contribution in [2.24, 2.45) is 5.92 Å². The lowest BCUT2D eigenvalue weighted by atomic mass is 10.1. The fourth-order valence-corrected chi connectivity index (χ4v) is 4.16. The molecule has 5 rings (SSSR count). The highest BCUT2D eigenvalue weighted by molar-refractivity contribution is 7.97. The van der Waals surface area contributed by atoms with E-state index in [-0.39, 0.29) is 11.8 Å². The van der Waals surface area contributed by atoms with Gasteiger partial charge in [0.2, 0.25) is 5.91 Å². The van der Waals surface area contributed by atoms with Gasteiger partial charge in [0.25, 0.3) is 0 Å². The Morgan fingerprint density at radius 3 is 2.53 bits per heavy atom. The zero-order valence-electron chi connectivity index (χ0n) is 17.0. The van der Waals surface area contributed by atoms with Crippen LogP contribution in [-0.4, -0.2) is 30.0 Å². The molecule has 3 N–H and O–H groups in total. The van der Waals surface area contributed by atoms with Crippen LogP contribution >= 0.6 is 11.9 Å². The van der Waals surface area contributed by atoms with Crippen molar-refractivity contribution in [1.29, 1.82) is 0 Å². The molecular formula is C24H28N4OS. The summed E-state index contributed by atoms with van der Waals surface area (Å²) in [6.45, 7) is 2.29. The fraction of sp³-hybridized carbons (Fsp3) is 0.333. The zero-order chi connectivity index (χ0) is 20.6. The molecule has 6 heteroatoms. The highest BCUT2D eigenvalue weighted by Crippen LogP contribution is 2.30. The first-order valence-electron chi connectivity index (χ1n) is 10.6. The van der Waals surface area contributed by atoms with Crippen LogP contribution in [0.4, 0.5) is 5.69 Å². The minimum atomic E-state index is 0.147. The summed E-state index contributed by atoms with van der Waals surface area (Å²) in [7, 11) is 0. The summed E-state index contributed by atoms with van der Waals surface area (Å²) in [6, 6.07) is 19.0. The Labute approximate surface area is 182 Å². The molecule has 1 saturated heterocycles. The molecule has 0 radical (unpaired) electrons. The van der Waals surface area contributed by atoms with E-state index in [1.54, 1.807) is 18.1 Å². The summed E-state index contributed by atoms with van der Waals surface area (Å²) in [5.41, 5.74) is 0.871. The molecule has 2 fully saturated rings. The van der Waals surface area contributed by atoms with Crippen molar-refractivity contribution >= 4 is 34.3 Å². The third kappa shape index (κ3) is 6.29. The number of fused-ring (bicyclic) bond motifs is 1. The number of amides is 1. The Morgan fingerprint density at radius 1 is 0.967 bits per heavy atom. The Kier molecular flexibility index (Phi) is 7.34. The maximum atomic E-state index is 11.6. The van der Waals surface area contributed by atoms with Crippen molar-refractivity contribution in [1.82, 2.24) is 15.0 Å². The smallest absolute Gasteiger partial charge is 0.227 e. The minimum Gasteiger partial charge on any atom is -0.326 e. The molecule has 2 heterocycles. The van der Waals surface area contributed by atoms with Crippen molar-refractivity contribution in [3.05, 3.63) is 67.0 Å². The number of nitrogens with one attached hydrogen (secondary N) is 3. The van der Waals surface area contributed by atoms with E-state index in [0.29, 0.717) is 6.04 Å². The van der Waals surface area contributed by atoms with Gasteiger partial charge < -0.3 is 10.6 Å². The highest BCUT2D eigenvalue weighted by atomic mass is 32.2. The lowest BCUT2D eigenvalue weighted by molar-refractivity contribution is -0.117. The number of piperidine rings is 1. The van der Waals surface area contributed by atoms with Crippen molar-refractivity contribution in [2.45, 2.75) is 36.6 Å². The second-order valence-electron chi connectivity index (χ2n) is 7.76. The highest BCUT2D eigenvalue weighted by Gasteiger charge is 2.29. The number of aromatic nitrogens is 1. The van der Waals surface area contributed by atoms with E-state index in [4.69, 9.17) is 0 Å². The number of anilines is 1. The Hall–Kier alpha value is -2.41. The molecule has 5 nitrogen and oxygen atoms in total. The van der Waals surface area contributed by atoms with E-state index in [1.807, 2.05) is 30.5 Å². The van der Waals surface area contributed by atoms with E-state index in [1.165, 1.54) is 17.7 Å². The van der Waals surface area contributed by atoms with Crippen LogP contribution in [0.25, 0.3) is 10.8 Å². The Bertz CT molecular complexity index is 956. The van der Waals surface area contributed by atoms with Gasteiger partial charge in [0.1, 0.15) is 0 Å². The molecule has 1 aliphatic carbocycles. The minimum absolute atomic E-state index is 0.147. The van der Waals surface area contributed by atoms with Gasteiger partial charge in [-0.3, -0.25) is 14.5 Å². The van der Waals surface area contributed by atoms with Gasteiger partial charge in [-0.1, -0.05) is 24.3 Å². The number of benzene rings is 2. The van der Waals surface area contributed by atoms with Crippen molar-refractivity contribution in [3.8, 4) is 0 Å². The SMILES string of the molecule is O=C(Nc1ccc2cnccc2c1)C1CC1.c1ccc(SNC2CCNCC2)cc1. The van der Waals surface area contributed by atoms with Crippen LogP contribution in [0.5, 0.6) is 0 Å². The molecule has 30 heavy (non-hydrogen) atoms. The molecule has 1 aromatic heterocycles. The van der Waals surface area contributed by atoms with Crippen LogP contribution < -0.4 is 15.4 Å². The van der Waals surface area contributed by atoms with E-state index in [0.717, 1.165) is 42.4 Å². The van der Waals surface area contributed by atoms with E-state index < -0.39 is 0 Å². The van der Waals surface area contributed by atoms with E-state index >= 15 is 0 Å². The van der Waals surface area contributed by atoms with Crippen LogP contribution in [0, 0.1) is 5.92 Å². The van der Waals surface area contributed by atoms with Gasteiger partial charge >= 0.3 is 0 Å². The largest absolute Gasteiger partial charge is 0.326 e. The lowest BCUT2D eigenvalue weighted by Gasteiger charge is -2.22. The van der Waals surface area contributed by atoms with Gasteiger partial charge in [-0.05, 0) is 86.4 Å². The fourth-order valence-electron chi connectivity index (χ4n) is 3.33. The molecule has 0 bridgehead atoms. The second kappa shape index (κ2) is 10.6. The standard InChI is InChI=1S/C13H12N2O.C11H16N2S/c16-13(9-1-2-9)15-12-4-3-11-8-14-6-5-10(11)7-12;1-2-4-11(5-3-1)14-13-10-6-8-12-9-7-10/h3-9H,1-2H2,(H,15,16);1-5,10,12-13H,6-9H2. The molecule has 1 saturated carbocycles. The molecule has 0 atom stereocenters. The van der Waals surface area contributed by atoms with Crippen molar-refractivity contribution in [2.75, 3.05) is 18.4 Å². The lowest BCUT2D eigenvalue weighted by Crippen LogP contribution is -2.37. The number of rotatable bonds is 5. The molecule has 3 aromatic rings. The van der Waals surface area contributed by atoms with Crippen molar-refractivity contribution in [3.63, 3.8) is 0 Å². The van der Waals surface area contributed by atoms with E-state index in [9.17, 15) is 4.79 Å². The molecule has 0 unspecified atom stereocenters. The van der Waals surface area contributed by atoms with Gasteiger partial charge in [-0.2, -0.15) is 0 Å². The molecule has 0 spiro atoms. The summed E-state index contributed by atoms with van der Waals surface area (Å²) in [6.07, 6.45) is 8.11. The molecule has 2 aromatic carbocycles. The average Bonchev–Trinajstić information content (AvgIpc) is 3.65. The van der Waals surface area contributed by atoms with Gasteiger partial charge in [0, 0.05) is 40.3 Å². The number of hydrogen-bond acceptors (Lipinski definition) is 5. The first kappa shape index (κ1) is 20.8. The zero-order valence-corrected chi connectivity index (χ0v) is 17.8. The molecular weight excluding hydrogens is 392 g/mol. The number of carbonyl (C=O) groups excluding carboxylic acids is 1. The summed E-state index contributed by atoms with van der Waals surface area (Å²) < 4.78 is 3.51. The maximum absolute atomic E-state index is 11.6. The normalized spacial score (nSPS) is 16.5. The number of carbonyl (C=O) groups is 1.